The van der Waals surface area contributed by atoms with Crippen LogP contribution >= 0.6 is 0 Å². The van der Waals surface area contributed by atoms with Gasteiger partial charge in [0.2, 0.25) is 0 Å². The molecule has 0 heteroatoms. The second-order valence-electron chi connectivity index (χ2n) is 6.32. The number of hydrogen-bond donors (Lipinski definition) is 0. The highest BCUT2D eigenvalue weighted by Gasteiger charge is 2.07. The summed E-state index contributed by atoms with van der Waals surface area (Å²) in [6.07, 6.45) is 1.87. The molecule has 0 amide bonds. The van der Waals surface area contributed by atoms with E-state index in [1.54, 1.807) is 0 Å². The van der Waals surface area contributed by atoms with Crippen LogP contribution in [0.3, 0.4) is 0 Å². The summed E-state index contributed by atoms with van der Waals surface area (Å²) in [5, 5.41) is 0. The molecule has 0 saturated heterocycles. The largest absolute Gasteiger partial charge is 0.0985 e. The highest BCUT2D eigenvalue weighted by atomic mass is 14.1. The molecule has 0 heterocycles. The quantitative estimate of drug-likeness (QED) is 0.367. The predicted octanol–water partition coefficient (Wildman–Crippen LogP) is 7.33. The first-order valence-corrected chi connectivity index (χ1v) is 8.83. The molecule has 0 bridgehead atoms. The van der Waals surface area contributed by atoms with Gasteiger partial charge in [-0.15, -0.1) is 0 Å². The first-order valence-electron chi connectivity index (χ1n) is 8.83. The lowest BCUT2D eigenvalue weighted by atomic mass is 9.93. The van der Waals surface area contributed by atoms with Gasteiger partial charge in [-0.05, 0) is 38.9 Å². The molecule has 4 aromatic rings. The van der Waals surface area contributed by atoms with Crippen molar-refractivity contribution in [1.29, 1.82) is 0 Å². The van der Waals surface area contributed by atoms with Crippen molar-refractivity contribution in [3.63, 3.8) is 0 Å². The molecule has 0 aliphatic heterocycles. The molecule has 4 aromatic carbocycles. The maximum atomic E-state index is 3.83. The lowest BCUT2D eigenvalue weighted by molar-refractivity contribution is 1.56. The average Bonchev–Trinajstić information content (AvgIpc) is 2.75. The van der Waals surface area contributed by atoms with E-state index in [2.05, 4.69) is 104 Å². The van der Waals surface area contributed by atoms with Crippen LogP contribution in [0.1, 0.15) is 5.56 Å². The molecule has 0 atom stereocenters. The molecule has 0 aromatic heterocycles. The van der Waals surface area contributed by atoms with Gasteiger partial charge in [0.15, 0.2) is 0 Å². The highest BCUT2D eigenvalue weighted by Crippen LogP contribution is 2.33. The number of hydrogen-bond acceptors (Lipinski definition) is 0. The summed E-state index contributed by atoms with van der Waals surface area (Å²) in [6.45, 7) is 3.83. The summed E-state index contributed by atoms with van der Waals surface area (Å²) in [5.41, 5.74) is 8.56. The van der Waals surface area contributed by atoms with E-state index < -0.39 is 0 Å². The van der Waals surface area contributed by atoms with Gasteiger partial charge in [-0.3, -0.25) is 0 Å². The maximum Gasteiger partial charge on any atom is -0.0105 e. The van der Waals surface area contributed by atoms with E-state index in [1.807, 2.05) is 12.1 Å². The van der Waals surface area contributed by atoms with E-state index in [0.717, 1.165) is 5.56 Å². The molecular weight excluding hydrogens is 312 g/mol. The van der Waals surface area contributed by atoms with Gasteiger partial charge in [0, 0.05) is 0 Å². The van der Waals surface area contributed by atoms with Crippen molar-refractivity contribution in [2.45, 2.75) is 0 Å². The van der Waals surface area contributed by atoms with Crippen LogP contribution in [-0.4, -0.2) is 0 Å². The van der Waals surface area contributed by atoms with E-state index in [0.29, 0.717) is 0 Å². The zero-order valence-corrected chi connectivity index (χ0v) is 14.6. The van der Waals surface area contributed by atoms with E-state index in [9.17, 15) is 0 Å². The first-order chi connectivity index (χ1) is 12.8. The normalized spacial score (nSPS) is 10.5. The molecule has 0 aliphatic carbocycles. The van der Waals surface area contributed by atoms with Gasteiger partial charge < -0.3 is 0 Å². The molecule has 4 rings (SSSR count). The van der Waals surface area contributed by atoms with Gasteiger partial charge in [0.25, 0.3) is 0 Å². The molecule has 0 aliphatic rings. The fourth-order valence-corrected chi connectivity index (χ4v) is 3.26. The van der Waals surface area contributed by atoms with Crippen LogP contribution in [0.2, 0.25) is 0 Å². The Hall–Kier alpha value is -3.38. The van der Waals surface area contributed by atoms with Crippen molar-refractivity contribution in [3.8, 4) is 33.4 Å². The molecule has 0 saturated carbocycles. The zero-order chi connectivity index (χ0) is 17.8. The first kappa shape index (κ1) is 16.1. The lowest BCUT2D eigenvalue weighted by Crippen LogP contribution is -1.86. The standard InChI is InChI=1S/C26H20/c1-2-20-12-14-23(15-13-20)25-10-6-7-11-26(25)24-18-16-22(17-19-24)21-8-4-3-5-9-21/h2-19H,1H2. The topological polar surface area (TPSA) is 0 Å². The summed E-state index contributed by atoms with van der Waals surface area (Å²) in [7, 11) is 0. The highest BCUT2D eigenvalue weighted by molar-refractivity contribution is 5.84. The monoisotopic (exact) mass is 332 g/mol. The lowest BCUT2D eigenvalue weighted by Gasteiger charge is -2.11. The average molecular weight is 332 g/mol. The van der Waals surface area contributed by atoms with Crippen molar-refractivity contribution >= 4 is 6.08 Å². The SMILES string of the molecule is C=Cc1ccc(-c2ccccc2-c2ccc(-c3ccccc3)cc2)cc1. The van der Waals surface area contributed by atoms with Crippen LogP contribution < -0.4 is 0 Å². The van der Waals surface area contributed by atoms with Crippen LogP contribution in [0, 0.1) is 0 Å². The van der Waals surface area contributed by atoms with Crippen molar-refractivity contribution < 1.29 is 0 Å². The Balaban J connectivity index is 1.73. The number of rotatable bonds is 4. The maximum absolute atomic E-state index is 3.83. The summed E-state index contributed by atoms with van der Waals surface area (Å²) in [4.78, 5) is 0. The Labute approximate surface area is 155 Å². The van der Waals surface area contributed by atoms with Crippen LogP contribution in [0.5, 0.6) is 0 Å². The van der Waals surface area contributed by atoms with Crippen molar-refractivity contribution in [1.82, 2.24) is 0 Å². The molecule has 0 nitrogen and oxygen atoms in total. The van der Waals surface area contributed by atoms with Crippen LogP contribution in [0.4, 0.5) is 0 Å². The minimum absolute atomic E-state index is 1.14. The Morgan fingerprint density at radius 2 is 0.846 bits per heavy atom. The fraction of sp³-hybridized carbons (Fsp3) is 0. The Morgan fingerprint density at radius 3 is 1.38 bits per heavy atom. The zero-order valence-electron chi connectivity index (χ0n) is 14.6. The molecule has 0 N–H and O–H groups in total. The van der Waals surface area contributed by atoms with Gasteiger partial charge in [-0.2, -0.15) is 0 Å². The Morgan fingerprint density at radius 1 is 0.423 bits per heavy atom. The summed E-state index contributed by atoms with van der Waals surface area (Å²) in [6, 6.07) is 36.4. The summed E-state index contributed by atoms with van der Waals surface area (Å²) >= 11 is 0. The third-order valence-corrected chi connectivity index (χ3v) is 4.69. The van der Waals surface area contributed by atoms with Crippen LogP contribution in [-0.2, 0) is 0 Å². The van der Waals surface area contributed by atoms with Crippen molar-refractivity contribution in [2.75, 3.05) is 0 Å². The Bertz CT molecular complexity index is 1010. The van der Waals surface area contributed by atoms with Gasteiger partial charge >= 0.3 is 0 Å². The summed E-state index contributed by atoms with van der Waals surface area (Å²) in [5.74, 6) is 0. The van der Waals surface area contributed by atoms with Gasteiger partial charge in [-0.25, -0.2) is 0 Å². The van der Waals surface area contributed by atoms with Crippen molar-refractivity contribution in [2.24, 2.45) is 0 Å². The van der Waals surface area contributed by atoms with E-state index in [1.165, 1.54) is 33.4 Å². The minimum Gasteiger partial charge on any atom is -0.0985 e. The smallest absolute Gasteiger partial charge is 0.0105 e. The van der Waals surface area contributed by atoms with Gasteiger partial charge in [-0.1, -0.05) is 116 Å². The molecule has 0 fully saturated rings. The van der Waals surface area contributed by atoms with Crippen molar-refractivity contribution in [3.05, 3.63) is 115 Å². The third kappa shape index (κ3) is 3.22. The van der Waals surface area contributed by atoms with Crippen LogP contribution in [0.15, 0.2) is 110 Å². The van der Waals surface area contributed by atoms with Gasteiger partial charge in [0.1, 0.15) is 0 Å². The predicted molar refractivity (Wildman–Crippen MR) is 113 cm³/mol. The second-order valence-corrected chi connectivity index (χ2v) is 6.32. The fourth-order valence-electron chi connectivity index (χ4n) is 3.26. The number of benzene rings is 4. The Kier molecular flexibility index (Phi) is 4.49. The van der Waals surface area contributed by atoms with E-state index in [-0.39, 0.29) is 0 Å². The summed E-state index contributed by atoms with van der Waals surface area (Å²) < 4.78 is 0. The van der Waals surface area contributed by atoms with Crippen LogP contribution in [0.25, 0.3) is 39.5 Å². The minimum atomic E-state index is 1.14. The second kappa shape index (κ2) is 7.25. The third-order valence-electron chi connectivity index (χ3n) is 4.69. The molecular formula is C26H20. The molecule has 0 unspecified atom stereocenters. The molecule has 26 heavy (non-hydrogen) atoms. The van der Waals surface area contributed by atoms with E-state index in [4.69, 9.17) is 0 Å². The van der Waals surface area contributed by atoms with E-state index >= 15 is 0 Å². The molecule has 0 spiro atoms. The molecule has 0 radical (unpaired) electrons. The van der Waals surface area contributed by atoms with Gasteiger partial charge in [0.05, 0.1) is 0 Å². The molecule has 124 valence electrons.